The third kappa shape index (κ3) is 2.36. The highest BCUT2D eigenvalue weighted by Gasteiger charge is 2.48. The van der Waals surface area contributed by atoms with Crippen molar-refractivity contribution in [3.63, 3.8) is 0 Å². The maximum atomic E-state index is 11.4. The molecule has 0 aromatic heterocycles. The molecule has 0 radical (unpaired) electrons. The lowest BCUT2D eigenvalue weighted by molar-refractivity contribution is -0.153. The quantitative estimate of drug-likeness (QED) is 0.701. The molecule has 2 aliphatic heterocycles. The third-order valence-electron chi connectivity index (χ3n) is 3.00. The lowest BCUT2D eigenvalue weighted by Gasteiger charge is -2.16. The second-order valence-electron chi connectivity index (χ2n) is 4.30. The summed E-state index contributed by atoms with van der Waals surface area (Å²) in [5.41, 5.74) is 0. The van der Waals surface area contributed by atoms with Gasteiger partial charge in [0.15, 0.2) is 6.10 Å². The second-order valence-corrected chi connectivity index (χ2v) is 4.30. The number of unbranched alkanes of at least 4 members (excludes halogenated alkanes) is 1. The van der Waals surface area contributed by atoms with E-state index in [1.165, 1.54) is 0 Å². The van der Waals surface area contributed by atoms with E-state index >= 15 is 0 Å². The molecule has 2 fully saturated rings. The number of fused-ring (bicyclic) bond motifs is 1. The zero-order valence-corrected chi connectivity index (χ0v) is 9.43. The van der Waals surface area contributed by atoms with Gasteiger partial charge in [0.05, 0.1) is 13.2 Å². The summed E-state index contributed by atoms with van der Waals surface area (Å²) < 4.78 is 16.0. The van der Waals surface area contributed by atoms with Crippen LogP contribution in [0.25, 0.3) is 0 Å². The molecular weight excluding hydrogens is 212 g/mol. The summed E-state index contributed by atoms with van der Waals surface area (Å²) in [5, 5.41) is 9.50. The summed E-state index contributed by atoms with van der Waals surface area (Å²) in [4.78, 5) is 11.4. The second kappa shape index (κ2) is 5.12. The lowest BCUT2D eigenvalue weighted by atomic mass is 10.1. The lowest BCUT2D eigenvalue weighted by Crippen LogP contribution is -2.34. The first-order valence-corrected chi connectivity index (χ1v) is 5.83. The number of carbonyl (C=O) groups excluding carboxylic acids is 1. The van der Waals surface area contributed by atoms with Crippen LogP contribution in [0.5, 0.6) is 0 Å². The van der Waals surface area contributed by atoms with E-state index in [1.54, 1.807) is 0 Å². The maximum absolute atomic E-state index is 11.4. The van der Waals surface area contributed by atoms with Crippen molar-refractivity contribution in [2.75, 3.05) is 13.2 Å². The molecule has 16 heavy (non-hydrogen) atoms. The molecule has 92 valence electrons. The first kappa shape index (κ1) is 11.8. The molecule has 0 amide bonds. The van der Waals surface area contributed by atoms with E-state index < -0.39 is 6.10 Å². The number of esters is 1. The molecule has 4 unspecified atom stereocenters. The van der Waals surface area contributed by atoms with E-state index in [0.717, 1.165) is 12.8 Å². The van der Waals surface area contributed by atoms with Crippen molar-refractivity contribution < 1.29 is 24.1 Å². The van der Waals surface area contributed by atoms with Crippen molar-refractivity contribution >= 4 is 5.97 Å². The Morgan fingerprint density at radius 1 is 1.38 bits per heavy atom. The summed E-state index contributed by atoms with van der Waals surface area (Å²) in [6.45, 7) is 2.61. The highest BCUT2D eigenvalue weighted by atomic mass is 16.6. The Hall–Kier alpha value is -0.650. The zero-order chi connectivity index (χ0) is 11.5. The summed E-state index contributed by atoms with van der Waals surface area (Å²) in [6, 6.07) is 0. The Bertz CT molecular complexity index is 255. The van der Waals surface area contributed by atoms with Gasteiger partial charge in [0, 0.05) is 6.42 Å². The van der Waals surface area contributed by atoms with Gasteiger partial charge in [0.25, 0.3) is 0 Å². The van der Waals surface area contributed by atoms with Gasteiger partial charge >= 0.3 is 5.97 Å². The first-order chi connectivity index (χ1) is 7.72. The van der Waals surface area contributed by atoms with Crippen LogP contribution >= 0.6 is 0 Å². The van der Waals surface area contributed by atoms with Gasteiger partial charge in [-0.05, 0) is 6.42 Å². The van der Waals surface area contributed by atoms with Crippen molar-refractivity contribution in [2.45, 2.75) is 50.6 Å². The summed E-state index contributed by atoms with van der Waals surface area (Å²) in [7, 11) is 0. The predicted octanol–water partition coefficient (Wildman–Crippen LogP) is 0.247. The van der Waals surface area contributed by atoms with Crippen molar-refractivity contribution in [1.29, 1.82) is 0 Å². The number of aliphatic hydroxyl groups excluding tert-OH is 1. The van der Waals surface area contributed by atoms with Crippen LogP contribution in [0.2, 0.25) is 0 Å². The largest absolute Gasteiger partial charge is 0.457 e. The van der Waals surface area contributed by atoms with Crippen LogP contribution in [-0.4, -0.2) is 48.7 Å². The minimum Gasteiger partial charge on any atom is -0.457 e. The molecule has 2 heterocycles. The van der Waals surface area contributed by atoms with Gasteiger partial charge in [0.1, 0.15) is 18.3 Å². The molecule has 5 heteroatoms. The molecule has 0 aliphatic carbocycles. The molecule has 0 aromatic rings. The Morgan fingerprint density at radius 3 is 2.88 bits per heavy atom. The highest BCUT2D eigenvalue weighted by molar-refractivity contribution is 5.69. The number of hydrogen-bond donors (Lipinski definition) is 1. The van der Waals surface area contributed by atoms with E-state index in [1.807, 2.05) is 6.92 Å². The SMILES string of the molecule is CCCCC(=O)OC1COC2C(O)COC12. The van der Waals surface area contributed by atoms with Gasteiger partial charge < -0.3 is 19.3 Å². The van der Waals surface area contributed by atoms with E-state index in [0.29, 0.717) is 13.0 Å². The minimum atomic E-state index is -0.593. The van der Waals surface area contributed by atoms with Crippen molar-refractivity contribution in [3.8, 4) is 0 Å². The van der Waals surface area contributed by atoms with Crippen molar-refractivity contribution in [3.05, 3.63) is 0 Å². The van der Waals surface area contributed by atoms with Gasteiger partial charge in [-0.15, -0.1) is 0 Å². The molecule has 0 spiro atoms. The first-order valence-electron chi connectivity index (χ1n) is 5.83. The molecule has 0 saturated carbocycles. The average molecular weight is 230 g/mol. The van der Waals surface area contributed by atoms with E-state index in [9.17, 15) is 9.90 Å². The fraction of sp³-hybridized carbons (Fsp3) is 0.909. The highest BCUT2D eigenvalue weighted by Crippen LogP contribution is 2.28. The van der Waals surface area contributed by atoms with Crippen LogP contribution in [0.15, 0.2) is 0 Å². The fourth-order valence-electron chi connectivity index (χ4n) is 2.09. The molecule has 4 atom stereocenters. The zero-order valence-electron chi connectivity index (χ0n) is 9.43. The molecule has 5 nitrogen and oxygen atoms in total. The fourth-order valence-corrected chi connectivity index (χ4v) is 2.09. The van der Waals surface area contributed by atoms with E-state index in [4.69, 9.17) is 14.2 Å². The number of ether oxygens (including phenoxy) is 3. The Kier molecular flexibility index (Phi) is 3.78. The number of rotatable bonds is 4. The van der Waals surface area contributed by atoms with Crippen LogP contribution < -0.4 is 0 Å². The maximum Gasteiger partial charge on any atom is 0.306 e. The molecule has 2 aliphatic rings. The average Bonchev–Trinajstić information content (AvgIpc) is 2.81. The molecule has 0 aromatic carbocycles. The van der Waals surface area contributed by atoms with Crippen LogP contribution in [0, 0.1) is 0 Å². The van der Waals surface area contributed by atoms with Gasteiger partial charge in [-0.3, -0.25) is 4.79 Å². The summed E-state index contributed by atoms with van der Waals surface area (Å²) in [5.74, 6) is -0.207. The molecule has 2 saturated heterocycles. The number of carbonyl (C=O) groups is 1. The van der Waals surface area contributed by atoms with E-state index in [2.05, 4.69) is 0 Å². The van der Waals surface area contributed by atoms with Crippen LogP contribution in [-0.2, 0) is 19.0 Å². The Morgan fingerprint density at radius 2 is 2.12 bits per heavy atom. The molecule has 0 bridgehead atoms. The van der Waals surface area contributed by atoms with Crippen LogP contribution in [0.1, 0.15) is 26.2 Å². The number of aliphatic hydroxyl groups is 1. The monoisotopic (exact) mass is 230 g/mol. The van der Waals surface area contributed by atoms with Gasteiger partial charge in [0.2, 0.25) is 0 Å². The van der Waals surface area contributed by atoms with Gasteiger partial charge in [-0.2, -0.15) is 0 Å². The van der Waals surface area contributed by atoms with Crippen LogP contribution in [0.3, 0.4) is 0 Å². The van der Waals surface area contributed by atoms with Crippen LogP contribution in [0.4, 0.5) is 0 Å². The van der Waals surface area contributed by atoms with Gasteiger partial charge in [-0.1, -0.05) is 13.3 Å². The van der Waals surface area contributed by atoms with Gasteiger partial charge in [-0.25, -0.2) is 0 Å². The normalized spacial score (nSPS) is 37.4. The Balaban J connectivity index is 1.81. The topological polar surface area (TPSA) is 65.0 Å². The smallest absolute Gasteiger partial charge is 0.306 e. The standard InChI is InChI=1S/C11H18O5/c1-2-3-4-9(13)16-8-6-15-10-7(12)5-14-11(8)10/h7-8,10-12H,2-6H2,1H3. The van der Waals surface area contributed by atoms with Crippen molar-refractivity contribution in [2.24, 2.45) is 0 Å². The molecule has 1 N–H and O–H groups in total. The number of hydrogen-bond acceptors (Lipinski definition) is 5. The summed E-state index contributed by atoms with van der Waals surface area (Å²) in [6.07, 6.45) is 0.675. The van der Waals surface area contributed by atoms with E-state index in [-0.39, 0.29) is 30.9 Å². The predicted molar refractivity (Wildman–Crippen MR) is 54.9 cm³/mol. The summed E-state index contributed by atoms with van der Waals surface area (Å²) >= 11 is 0. The minimum absolute atomic E-state index is 0.207. The Labute approximate surface area is 94.7 Å². The molecule has 2 rings (SSSR count). The third-order valence-corrected chi connectivity index (χ3v) is 3.00. The van der Waals surface area contributed by atoms with Crippen molar-refractivity contribution in [1.82, 2.24) is 0 Å². The molecular formula is C11H18O5.